The Hall–Kier alpha value is -2.99. The van der Waals surface area contributed by atoms with Crippen molar-refractivity contribution in [2.24, 2.45) is 5.92 Å². The highest BCUT2D eigenvalue weighted by atomic mass is 16.7. The molecule has 1 atom stereocenters. The Morgan fingerprint density at radius 2 is 1.48 bits per heavy atom. The number of fused-ring (bicyclic) bond motifs is 1. The Labute approximate surface area is 157 Å². The standard InChI is InChI=1S/C21H21NO5/c1-14(2)12-18(21(25)26-13-15-8-4-3-5-9-15)27-22-19(23)16-10-6-7-11-17(16)20(22)24/h3-11,14,18H,12-13H2,1-2H3/t18-/m1/s1. The number of nitrogens with zero attached hydrogens (tertiary/aromatic N) is 1. The molecule has 0 unspecified atom stereocenters. The Morgan fingerprint density at radius 3 is 2.04 bits per heavy atom. The van der Waals surface area contributed by atoms with Gasteiger partial charge in [-0.05, 0) is 30.0 Å². The molecule has 6 nitrogen and oxygen atoms in total. The van der Waals surface area contributed by atoms with Crippen LogP contribution in [0.5, 0.6) is 0 Å². The van der Waals surface area contributed by atoms with Gasteiger partial charge in [0.15, 0.2) is 6.10 Å². The van der Waals surface area contributed by atoms with Crippen molar-refractivity contribution in [3.63, 3.8) is 0 Å². The minimum absolute atomic E-state index is 0.0970. The summed E-state index contributed by atoms with van der Waals surface area (Å²) in [5, 5.41) is 0.668. The molecule has 1 aliphatic heterocycles. The van der Waals surface area contributed by atoms with Crippen molar-refractivity contribution in [2.45, 2.75) is 33.0 Å². The molecule has 0 N–H and O–H groups in total. The fourth-order valence-corrected chi connectivity index (χ4v) is 2.82. The summed E-state index contributed by atoms with van der Waals surface area (Å²) in [5.74, 6) is -1.64. The van der Waals surface area contributed by atoms with Gasteiger partial charge >= 0.3 is 5.97 Å². The van der Waals surface area contributed by atoms with Gasteiger partial charge in [0.1, 0.15) is 6.61 Å². The second-order valence-corrected chi connectivity index (χ2v) is 6.77. The van der Waals surface area contributed by atoms with Gasteiger partial charge < -0.3 is 4.74 Å². The van der Waals surface area contributed by atoms with Crippen LogP contribution >= 0.6 is 0 Å². The molecule has 2 amide bonds. The predicted molar refractivity (Wildman–Crippen MR) is 97.5 cm³/mol. The van der Waals surface area contributed by atoms with E-state index in [2.05, 4.69) is 0 Å². The Kier molecular flexibility index (Phi) is 5.66. The average Bonchev–Trinajstić information content (AvgIpc) is 2.91. The topological polar surface area (TPSA) is 72.9 Å². The van der Waals surface area contributed by atoms with Crippen molar-refractivity contribution in [1.82, 2.24) is 5.06 Å². The van der Waals surface area contributed by atoms with E-state index in [1.807, 2.05) is 44.2 Å². The first-order valence-corrected chi connectivity index (χ1v) is 8.82. The second-order valence-electron chi connectivity index (χ2n) is 6.77. The van der Waals surface area contributed by atoms with Gasteiger partial charge in [0.2, 0.25) is 0 Å². The van der Waals surface area contributed by atoms with Crippen LogP contribution in [-0.2, 0) is 21.0 Å². The molecule has 6 heteroatoms. The van der Waals surface area contributed by atoms with Crippen LogP contribution in [0.25, 0.3) is 0 Å². The zero-order valence-corrected chi connectivity index (χ0v) is 15.3. The number of hydrogen-bond acceptors (Lipinski definition) is 5. The summed E-state index contributed by atoms with van der Waals surface area (Å²) in [6.45, 7) is 3.94. The quantitative estimate of drug-likeness (QED) is 0.554. The van der Waals surface area contributed by atoms with E-state index in [1.54, 1.807) is 24.3 Å². The van der Waals surface area contributed by atoms with E-state index in [9.17, 15) is 14.4 Å². The zero-order valence-electron chi connectivity index (χ0n) is 15.3. The molecule has 0 bridgehead atoms. The number of esters is 1. The first-order chi connectivity index (χ1) is 13.0. The van der Waals surface area contributed by atoms with Crippen molar-refractivity contribution < 1.29 is 24.0 Å². The number of benzene rings is 2. The van der Waals surface area contributed by atoms with Gasteiger partial charge in [0.05, 0.1) is 11.1 Å². The van der Waals surface area contributed by atoms with Gasteiger partial charge in [-0.3, -0.25) is 9.59 Å². The Morgan fingerprint density at radius 1 is 0.926 bits per heavy atom. The van der Waals surface area contributed by atoms with E-state index in [1.165, 1.54) is 0 Å². The zero-order chi connectivity index (χ0) is 19.4. The molecule has 2 aromatic rings. The van der Waals surface area contributed by atoms with Crippen LogP contribution in [0.3, 0.4) is 0 Å². The molecule has 0 saturated carbocycles. The summed E-state index contributed by atoms with van der Waals surface area (Å²) in [6.07, 6.45) is -0.725. The van der Waals surface area contributed by atoms with Crippen molar-refractivity contribution in [1.29, 1.82) is 0 Å². The van der Waals surface area contributed by atoms with Gasteiger partial charge in [0.25, 0.3) is 11.8 Å². The SMILES string of the molecule is CC(C)C[C@@H](ON1C(=O)c2ccccc2C1=O)C(=O)OCc1ccccc1. The molecule has 2 aromatic carbocycles. The number of carbonyl (C=O) groups excluding carboxylic acids is 3. The molecule has 0 saturated heterocycles. The summed E-state index contributed by atoms with van der Waals surface area (Å²) in [6, 6.07) is 15.7. The lowest BCUT2D eigenvalue weighted by Gasteiger charge is -2.22. The number of amides is 2. The van der Waals surface area contributed by atoms with Crippen LogP contribution in [0.2, 0.25) is 0 Å². The van der Waals surface area contributed by atoms with Crippen molar-refractivity contribution in [3.8, 4) is 0 Å². The maximum Gasteiger partial charge on any atom is 0.338 e. The lowest BCUT2D eigenvalue weighted by molar-refractivity contribution is -0.183. The smallest absolute Gasteiger partial charge is 0.338 e. The maximum atomic E-state index is 12.5. The van der Waals surface area contributed by atoms with Crippen LogP contribution in [0.4, 0.5) is 0 Å². The van der Waals surface area contributed by atoms with E-state index in [4.69, 9.17) is 9.57 Å². The van der Waals surface area contributed by atoms with Gasteiger partial charge in [0, 0.05) is 0 Å². The number of imide groups is 1. The minimum atomic E-state index is -1.05. The van der Waals surface area contributed by atoms with Gasteiger partial charge in [-0.15, -0.1) is 5.06 Å². The second kappa shape index (κ2) is 8.14. The van der Waals surface area contributed by atoms with Gasteiger partial charge in [-0.1, -0.05) is 56.3 Å². The highest BCUT2D eigenvalue weighted by Crippen LogP contribution is 2.25. The normalized spacial score (nSPS) is 14.4. The molecule has 1 aliphatic rings. The van der Waals surface area contributed by atoms with E-state index >= 15 is 0 Å². The van der Waals surface area contributed by atoms with Crippen LogP contribution < -0.4 is 0 Å². The highest BCUT2D eigenvalue weighted by molar-refractivity contribution is 6.20. The number of ether oxygens (including phenoxy) is 1. The molecule has 3 rings (SSSR count). The molecular formula is C21H21NO5. The summed E-state index contributed by atoms with van der Waals surface area (Å²) in [4.78, 5) is 43.0. The number of hydrogen-bond donors (Lipinski definition) is 0. The van der Waals surface area contributed by atoms with Crippen LogP contribution in [0.15, 0.2) is 54.6 Å². The van der Waals surface area contributed by atoms with Crippen molar-refractivity contribution in [2.75, 3.05) is 0 Å². The minimum Gasteiger partial charge on any atom is -0.459 e. The summed E-state index contributed by atoms with van der Waals surface area (Å²) in [5.41, 5.74) is 1.38. The van der Waals surface area contributed by atoms with E-state index in [-0.39, 0.29) is 23.7 Å². The van der Waals surface area contributed by atoms with Crippen LogP contribution in [0.1, 0.15) is 46.5 Å². The number of carbonyl (C=O) groups is 3. The fourth-order valence-electron chi connectivity index (χ4n) is 2.82. The fraction of sp³-hybridized carbons (Fsp3) is 0.286. The Bertz CT molecular complexity index is 812. The van der Waals surface area contributed by atoms with Crippen LogP contribution in [0, 0.1) is 5.92 Å². The maximum absolute atomic E-state index is 12.5. The molecule has 0 spiro atoms. The van der Waals surface area contributed by atoms with E-state index < -0.39 is 23.9 Å². The molecule has 27 heavy (non-hydrogen) atoms. The highest BCUT2D eigenvalue weighted by Gasteiger charge is 2.39. The third-order valence-electron chi connectivity index (χ3n) is 4.16. The van der Waals surface area contributed by atoms with E-state index in [0.29, 0.717) is 11.5 Å². The summed E-state index contributed by atoms with van der Waals surface area (Å²) in [7, 11) is 0. The average molecular weight is 367 g/mol. The lowest BCUT2D eigenvalue weighted by atomic mass is 10.1. The third kappa shape index (κ3) is 4.23. The Balaban J connectivity index is 1.71. The molecule has 0 radical (unpaired) electrons. The molecule has 0 fully saturated rings. The monoisotopic (exact) mass is 367 g/mol. The number of hydroxylamine groups is 2. The lowest BCUT2D eigenvalue weighted by Crippen LogP contribution is -2.39. The van der Waals surface area contributed by atoms with Crippen LogP contribution in [-0.4, -0.2) is 29.0 Å². The van der Waals surface area contributed by atoms with E-state index in [0.717, 1.165) is 5.56 Å². The van der Waals surface area contributed by atoms with Crippen molar-refractivity contribution >= 4 is 17.8 Å². The van der Waals surface area contributed by atoms with Gasteiger partial charge in [-0.25, -0.2) is 9.63 Å². The van der Waals surface area contributed by atoms with Crippen molar-refractivity contribution in [3.05, 3.63) is 71.3 Å². The molecule has 140 valence electrons. The first kappa shape index (κ1) is 18.8. The molecule has 1 heterocycles. The predicted octanol–water partition coefficient (Wildman–Crippen LogP) is 3.37. The largest absolute Gasteiger partial charge is 0.459 e. The van der Waals surface area contributed by atoms with Gasteiger partial charge in [-0.2, -0.15) is 0 Å². The molecular weight excluding hydrogens is 346 g/mol. The molecule has 0 aromatic heterocycles. The third-order valence-corrected chi connectivity index (χ3v) is 4.16. The number of rotatable bonds is 7. The molecule has 0 aliphatic carbocycles. The summed E-state index contributed by atoms with van der Waals surface area (Å²) < 4.78 is 5.34. The summed E-state index contributed by atoms with van der Waals surface area (Å²) >= 11 is 0. The first-order valence-electron chi connectivity index (χ1n) is 8.82.